The summed E-state index contributed by atoms with van der Waals surface area (Å²) >= 11 is 9.55. The molecule has 20 heavy (non-hydrogen) atoms. The highest BCUT2D eigenvalue weighted by Crippen LogP contribution is 2.51. The van der Waals surface area contributed by atoms with Crippen molar-refractivity contribution in [1.29, 1.82) is 0 Å². The van der Waals surface area contributed by atoms with Gasteiger partial charge >= 0.3 is 0 Å². The molecule has 1 heterocycles. The first kappa shape index (κ1) is 14.6. The van der Waals surface area contributed by atoms with Crippen molar-refractivity contribution in [3.8, 4) is 0 Å². The molecule has 108 valence electrons. The molecular formula is C15H18ClNOS2. The Morgan fingerprint density at radius 1 is 1.25 bits per heavy atom. The van der Waals surface area contributed by atoms with Crippen molar-refractivity contribution in [3.05, 3.63) is 29.3 Å². The van der Waals surface area contributed by atoms with E-state index in [2.05, 4.69) is 5.32 Å². The van der Waals surface area contributed by atoms with Crippen molar-refractivity contribution in [1.82, 2.24) is 0 Å². The van der Waals surface area contributed by atoms with Crippen LogP contribution < -0.4 is 5.32 Å². The van der Waals surface area contributed by atoms with Gasteiger partial charge in [-0.2, -0.15) is 0 Å². The molecule has 1 saturated carbocycles. The summed E-state index contributed by atoms with van der Waals surface area (Å²) < 4.78 is -0.279. The van der Waals surface area contributed by atoms with E-state index in [1.165, 1.54) is 19.3 Å². The van der Waals surface area contributed by atoms with Crippen LogP contribution in [-0.4, -0.2) is 21.5 Å². The maximum Gasteiger partial charge on any atom is 0.250 e. The lowest BCUT2D eigenvalue weighted by Gasteiger charge is -2.34. The van der Waals surface area contributed by atoms with Crippen LogP contribution in [0.15, 0.2) is 24.3 Å². The van der Waals surface area contributed by atoms with E-state index in [4.69, 9.17) is 11.6 Å². The molecule has 2 fully saturated rings. The second-order valence-electron chi connectivity index (χ2n) is 5.41. The predicted octanol–water partition coefficient (Wildman–Crippen LogP) is 4.65. The second kappa shape index (κ2) is 6.20. The molecule has 0 bridgehead atoms. The molecule has 0 spiro atoms. The van der Waals surface area contributed by atoms with E-state index in [0.717, 1.165) is 29.5 Å². The Kier molecular flexibility index (Phi) is 4.53. The number of nitrogens with one attached hydrogen (secondary N) is 1. The number of thioether (sulfide) groups is 2. The summed E-state index contributed by atoms with van der Waals surface area (Å²) in [4.78, 5) is 12.8. The van der Waals surface area contributed by atoms with Gasteiger partial charge < -0.3 is 5.32 Å². The van der Waals surface area contributed by atoms with E-state index in [1.807, 2.05) is 47.8 Å². The van der Waals surface area contributed by atoms with Gasteiger partial charge in [0.25, 0.3) is 5.91 Å². The lowest BCUT2D eigenvalue weighted by Crippen LogP contribution is -2.40. The summed E-state index contributed by atoms with van der Waals surface area (Å²) in [5.41, 5.74) is 0.835. The van der Waals surface area contributed by atoms with Gasteiger partial charge in [0.15, 0.2) is 0 Å². The lowest BCUT2D eigenvalue weighted by molar-refractivity contribution is -0.116. The molecule has 1 amide bonds. The number of rotatable bonds is 4. The Hall–Kier alpha value is -0.320. The van der Waals surface area contributed by atoms with Crippen molar-refractivity contribution in [2.24, 2.45) is 5.92 Å². The number of hydrogen-bond donors (Lipinski definition) is 1. The number of carbonyl (C=O) groups excluding carboxylic acids is 1. The zero-order valence-corrected chi connectivity index (χ0v) is 13.6. The minimum Gasteiger partial charge on any atom is -0.324 e. The van der Waals surface area contributed by atoms with Gasteiger partial charge in [0.05, 0.1) is 0 Å². The van der Waals surface area contributed by atoms with E-state index in [1.54, 1.807) is 0 Å². The highest BCUT2D eigenvalue weighted by molar-refractivity contribution is 8.19. The molecule has 0 radical (unpaired) electrons. The molecule has 0 unspecified atom stereocenters. The molecule has 5 heteroatoms. The first-order valence-corrected chi connectivity index (χ1v) is 9.38. The van der Waals surface area contributed by atoms with Gasteiger partial charge in [-0.1, -0.05) is 24.4 Å². The zero-order chi connectivity index (χ0) is 14.0. The topological polar surface area (TPSA) is 29.1 Å². The molecule has 1 aliphatic heterocycles. The molecule has 1 saturated heterocycles. The quantitative estimate of drug-likeness (QED) is 0.873. The molecule has 1 aliphatic carbocycles. The summed E-state index contributed by atoms with van der Waals surface area (Å²) in [6.45, 7) is 0. The summed E-state index contributed by atoms with van der Waals surface area (Å²) in [6.07, 6.45) is 4.80. The Balaban J connectivity index is 1.72. The van der Waals surface area contributed by atoms with E-state index < -0.39 is 0 Å². The highest BCUT2D eigenvalue weighted by Gasteiger charge is 2.45. The van der Waals surface area contributed by atoms with E-state index in [-0.39, 0.29) is 9.99 Å². The van der Waals surface area contributed by atoms with Crippen LogP contribution in [-0.2, 0) is 4.79 Å². The van der Waals surface area contributed by atoms with Crippen LogP contribution in [0.3, 0.4) is 0 Å². The fourth-order valence-electron chi connectivity index (χ4n) is 2.38. The number of carbonyl (C=O) groups is 1. The van der Waals surface area contributed by atoms with E-state index in [9.17, 15) is 4.79 Å². The van der Waals surface area contributed by atoms with Crippen LogP contribution in [0.2, 0.25) is 5.02 Å². The standard InChI is InChI=1S/C15H18ClNOS2/c16-12-4-6-13(7-5-12)17-14(18)15(10-11-2-3-11)19-8-1-9-20-15/h4-7,11H,1-3,8-10H2,(H,17,18). The van der Waals surface area contributed by atoms with Crippen molar-refractivity contribution in [3.63, 3.8) is 0 Å². The van der Waals surface area contributed by atoms with Gasteiger partial charge in [-0.15, -0.1) is 23.5 Å². The minimum absolute atomic E-state index is 0.154. The van der Waals surface area contributed by atoms with Gasteiger partial charge in [-0.05, 0) is 54.5 Å². The van der Waals surface area contributed by atoms with Crippen LogP contribution in [0.4, 0.5) is 5.69 Å². The maximum atomic E-state index is 12.8. The zero-order valence-electron chi connectivity index (χ0n) is 11.2. The largest absolute Gasteiger partial charge is 0.324 e. The fraction of sp³-hybridized carbons (Fsp3) is 0.533. The monoisotopic (exact) mass is 327 g/mol. The first-order valence-electron chi connectivity index (χ1n) is 7.03. The summed E-state index contributed by atoms with van der Waals surface area (Å²) in [7, 11) is 0. The summed E-state index contributed by atoms with van der Waals surface area (Å²) in [6, 6.07) is 7.35. The average Bonchev–Trinajstić information content (AvgIpc) is 3.26. The molecule has 1 aromatic rings. The van der Waals surface area contributed by atoms with Crippen LogP contribution >= 0.6 is 35.1 Å². The molecule has 0 atom stereocenters. The summed E-state index contributed by atoms with van der Waals surface area (Å²) in [5.74, 6) is 3.09. The molecule has 2 aliphatic rings. The summed E-state index contributed by atoms with van der Waals surface area (Å²) in [5, 5.41) is 3.77. The fourth-order valence-corrected chi connectivity index (χ4v) is 5.83. The van der Waals surface area contributed by atoms with Crippen molar-refractivity contribution < 1.29 is 4.79 Å². The Labute approximate surface area is 133 Å². The third-order valence-electron chi connectivity index (χ3n) is 3.66. The van der Waals surface area contributed by atoms with Crippen LogP contribution in [0, 0.1) is 5.92 Å². The van der Waals surface area contributed by atoms with E-state index >= 15 is 0 Å². The molecule has 2 nitrogen and oxygen atoms in total. The maximum absolute atomic E-state index is 12.8. The van der Waals surface area contributed by atoms with Crippen LogP contribution in [0.1, 0.15) is 25.7 Å². The third kappa shape index (κ3) is 3.46. The van der Waals surface area contributed by atoms with Gasteiger partial charge in [-0.3, -0.25) is 4.79 Å². The SMILES string of the molecule is O=C(Nc1ccc(Cl)cc1)C1(CC2CC2)SCCCS1. The van der Waals surface area contributed by atoms with E-state index in [0.29, 0.717) is 5.02 Å². The number of halogens is 1. The van der Waals surface area contributed by atoms with Crippen molar-refractivity contribution in [2.75, 3.05) is 16.8 Å². The molecule has 0 aromatic heterocycles. The number of anilines is 1. The van der Waals surface area contributed by atoms with Gasteiger partial charge in [0.1, 0.15) is 4.08 Å². The van der Waals surface area contributed by atoms with Crippen LogP contribution in [0.25, 0.3) is 0 Å². The van der Waals surface area contributed by atoms with Crippen LogP contribution in [0.5, 0.6) is 0 Å². The predicted molar refractivity (Wildman–Crippen MR) is 89.7 cm³/mol. The third-order valence-corrected chi connectivity index (χ3v) is 7.24. The number of benzene rings is 1. The van der Waals surface area contributed by atoms with Gasteiger partial charge in [0.2, 0.25) is 0 Å². The highest BCUT2D eigenvalue weighted by atomic mass is 35.5. The molecule has 3 rings (SSSR count). The number of hydrogen-bond acceptors (Lipinski definition) is 3. The smallest absolute Gasteiger partial charge is 0.250 e. The molecule has 1 N–H and O–H groups in total. The van der Waals surface area contributed by atoms with Gasteiger partial charge in [-0.25, -0.2) is 0 Å². The Bertz CT molecular complexity index is 481. The average molecular weight is 328 g/mol. The minimum atomic E-state index is -0.279. The first-order chi connectivity index (χ1) is 9.68. The van der Waals surface area contributed by atoms with Crippen molar-refractivity contribution in [2.45, 2.75) is 29.8 Å². The second-order valence-corrected chi connectivity index (χ2v) is 8.89. The van der Waals surface area contributed by atoms with Crippen molar-refractivity contribution >= 4 is 46.7 Å². The normalized spacial score (nSPS) is 21.4. The molecular weight excluding hydrogens is 310 g/mol. The lowest BCUT2D eigenvalue weighted by atomic mass is 10.2. The number of amides is 1. The van der Waals surface area contributed by atoms with Gasteiger partial charge in [0, 0.05) is 10.7 Å². The molecule has 1 aromatic carbocycles. The Morgan fingerprint density at radius 2 is 1.90 bits per heavy atom. The Morgan fingerprint density at radius 3 is 2.50 bits per heavy atom.